The van der Waals surface area contributed by atoms with Gasteiger partial charge in [0.2, 0.25) is 0 Å². The molecule has 1 atom stereocenters. The minimum absolute atomic E-state index is 0.217. The first-order valence-corrected chi connectivity index (χ1v) is 11.0. The molecule has 0 bridgehead atoms. The minimum atomic E-state index is -0.467. The molecule has 33 heavy (non-hydrogen) atoms. The predicted molar refractivity (Wildman–Crippen MR) is 127 cm³/mol. The average Bonchev–Trinajstić information content (AvgIpc) is 3.41. The van der Waals surface area contributed by atoms with E-state index in [1.54, 1.807) is 29.4 Å². The van der Waals surface area contributed by atoms with Crippen molar-refractivity contribution in [3.63, 3.8) is 0 Å². The van der Waals surface area contributed by atoms with Crippen molar-refractivity contribution >= 4 is 34.6 Å². The Bertz CT molecular complexity index is 1390. The van der Waals surface area contributed by atoms with Crippen LogP contribution in [0, 0.1) is 6.92 Å². The van der Waals surface area contributed by atoms with Gasteiger partial charge in [-0.25, -0.2) is 0 Å². The Morgan fingerprint density at radius 3 is 2.76 bits per heavy atom. The van der Waals surface area contributed by atoms with Crippen LogP contribution in [0.1, 0.15) is 40.5 Å². The molecule has 3 heterocycles. The molecule has 0 saturated heterocycles. The Morgan fingerprint density at radius 1 is 1.24 bits per heavy atom. The molecule has 0 unspecified atom stereocenters. The van der Waals surface area contributed by atoms with Crippen molar-refractivity contribution in [2.45, 2.75) is 38.8 Å². The topological polar surface area (TPSA) is 97.3 Å². The summed E-state index contributed by atoms with van der Waals surface area (Å²) in [4.78, 5) is 13.2. The van der Waals surface area contributed by atoms with Gasteiger partial charge in [0.05, 0.1) is 22.3 Å². The number of amides is 1. The fourth-order valence-electron chi connectivity index (χ4n) is 4.65. The second-order valence-electron chi connectivity index (χ2n) is 8.76. The predicted octanol–water partition coefficient (Wildman–Crippen LogP) is 4.13. The number of rotatable bonds is 4. The Kier molecular flexibility index (Phi) is 5.17. The molecule has 0 aliphatic carbocycles. The number of aryl methyl sites for hydroxylation is 1. The lowest BCUT2D eigenvalue weighted by Gasteiger charge is -2.36. The van der Waals surface area contributed by atoms with Crippen LogP contribution in [-0.2, 0) is 13.0 Å². The Labute approximate surface area is 195 Å². The van der Waals surface area contributed by atoms with Crippen molar-refractivity contribution in [3.05, 3.63) is 76.5 Å². The van der Waals surface area contributed by atoms with E-state index in [2.05, 4.69) is 43.4 Å². The molecule has 0 radical (unpaired) electrons. The molecular formula is C24H23ClN6O2. The zero-order valence-electron chi connectivity index (χ0n) is 18.3. The third-order valence-electron chi connectivity index (χ3n) is 6.31. The van der Waals surface area contributed by atoms with Gasteiger partial charge in [0, 0.05) is 34.4 Å². The summed E-state index contributed by atoms with van der Waals surface area (Å²) in [7, 11) is 0. The highest BCUT2D eigenvalue weighted by Gasteiger charge is 2.34. The van der Waals surface area contributed by atoms with E-state index >= 15 is 0 Å². The second kappa shape index (κ2) is 8.04. The van der Waals surface area contributed by atoms with Gasteiger partial charge in [-0.1, -0.05) is 28.4 Å². The van der Waals surface area contributed by atoms with Crippen LogP contribution in [0.15, 0.2) is 54.2 Å². The number of carbonyl (C=O) groups is 1. The molecule has 168 valence electrons. The van der Waals surface area contributed by atoms with Crippen LogP contribution in [0.25, 0.3) is 16.6 Å². The standard InChI is InChI=1S/C24H23ClN6O2/c1-15-3-6-21-18(9-15)19(11-28-33)22-7-8-24(2,12-31(21)22)29-23(32)17-5-4-16(10-20(17)25)30-13-26-27-14-30/h3-6,9-11,13-14,33H,7-8,12H2,1-2H3,(H,29,32)/b28-11+/t24-/m1/s1. The maximum Gasteiger partial charge on any atom is 0.253 e. The second-order valence-corrected chi connectivity index (χ2v) is 9.17. The van der Waals surface area contributed by atoms with E-state index in [1.165, 1.54) is 6.21 Å². The minimum Gasteiger partial charge on any atom is -0.411 e. The van der Waals surface area contributed by atoms with Crippen molar-refractivity contribution in [3.8, 4) is 5.69 Å². The van der Waals surface area contributed by atoms with Crippen molar-refractivity contribution in [1.29, 1.82) is 0 Å². The summed E-state index contributed by atoms with van der Waals surface area (Å²) >= 11 is 6.46. The molecule has 9 heteroatoms. The lowest BCUT2D eigenvalue weighted by Crippen LogP contribution is -2.51. The SMILES string of the molecule is Cc1ccc2c(c1)c(/C=N/O)c1n2C[C@](C)(NC(=O)c2ccc(-n3cnnc3)cc2Cl)CC1. The van der Waals surface area contributed by atoms with Gasteiger partial charge in [0.15, 0.2) is 0 Å². The highest BCUT2D eigenvalue weighted by molar-refractivity contribution is 6.34. The van der Waals surface area contributed by atoms with E-state index in [-0.39, 0.29) is 5.91 Å². The van der Waals surface area contributed by atoms with Crippen LogP contribution in [0.3, 0.4) is 0 Å². The lowest BCUT2D eigenvalue weighted by atomic mass is 9.90. The summed E-state index contributed by atoms with van der Waals surface area (Å²) in [5.74, 6) is -0.217. The zero-order chi connectivity index (χ0) is 23.2. The summed E-state index contributed by atoms with van der Waals surface area (Å²) in [6, 6.07) is 11.5. The molecule has 1 aliphatic rings. The molecule has 8 nitrogen and oxygen atoms in total. The third kappa shape index (κ3) is 3.76. The number of nitrogens with one attached hydrogen (secondary N) is 1. The summed E-state index contributed by atoms with van der Waals surface area (Å²) in [6.07, 6.45) is 6.14. The van der Waals surface area contributed by atoms with Crippen LogP contribution in [0.2, 0.25) is 5.02 Å². The number of aromatic nitrogens is 4. The molecule has 0 fully saturated rings. The molecule has 2 aromatic heterocycles. The molecule has 5 rings (SSSR count). The number of benzene rings is 2. The molecule has 4 aromatic rings. The average molecular weight is 463 g/mol. The summed E-state index contributed by atoms with van der Waals surface area (Å²) < 4.78 is 3.94. The number of carbonyl (C=O) groups excluding carboxylic acids is 1. The van der Waals surface area contributed by atoms with Crippen molar-refractivity contribution in [1.82, 2.24) is 24.6 Å². The van der Waals surface area contributed by atoms with Crippen molar-refractivity contribution in [2.24, 2.45) is 5.16 Å². The number of halogens is 1. The van der Waals surface area contributed by atoms with E-state index in [0.717, 1.165) is 46.3 Å². The molecule has 1 amide bonds. The monoisotopic (exact) mass is 462 g/mol. The van der Waals surface area contributed by atoms with Gasteiger partial charge >= 0.3 is 0 Å². The summed E-state index contributed by atoms with van der Waals surface area (Å²) in [5, 5.41) is 24.7. The van der Waals surface area contributed by atoms with Gasteiger partial charge in [0.25, 0.3) is 5.91 Å². The van der Waals surface area contributed by atoms with Crippen LogP contribution < -0.4 is 5.32 Å². The molecule has 2 N–H and O–H groups in total. The van der Waals surface area contributed by atoms with Crippen molar-refractivity contribution in [2.75, 3.05) is 0 Å². The summed E-state index contributed by atoms with van der Waals surface area (Å²) in [6.45, 7) is 4.69. The number of oxime groups is 1. The van der Waals surface area contributed by atoms with Gasteiger partial charge in [-0.3, -0.25) is 9.36 Å². The fraction of sp³-hybridized carbons (Fsp3) is 0.250. The normalized spacial score (nSPS) is 18.0. The van der Waals surface area contributed by atoms with E-state index in [9.17, 15) is 10.0 Å². The molecule has 0 spiro atoms. The maximum absolute atomic E-state index is 13.2. The molecular weight excluding hydrogens is 440 g/mol. The number of hydrogen-bond acceptors (Lipinski definition) is 5. The fourth-order valence-corrected chi connectivity index (χ4v) is 4.91. The molecule has 0 saturated carbocycles. The van der Waals surface area contributed by atoms with Crippen LogP contribution in [0.4, 0.5) is 0 Å². The number of hydrogen-bond donors (Lipinski definition) is 2. The van der Waals surface area contributed by atoms with Gasteiger partial charge < -0.3 is 15.1 Å². The van der Waals surface area contributed by atoms with E-state index in [0.29, 0.717) is 17.1 Å². The quantitative estimate of drug-likeness (QED) is 0.271. The van der Waals surface area contributed by atoms with E-state index in [1.807, 2.05) is 19.9 Å². The zero-order valence-corrected chi connectivity index (χ0v) is 19.0. The lowest BCUT2D eigenvalue weighted by molar-refractivity contribution is 0.0884. The highest BCUT2D eigenvalue weighted by Crippen LogP contribution is 2.34. The van der Waals surface area contributed by atoms with Crippen molar-refractivity contribution < 1.29 is 10.0 Å². The number of fused-ring (bicyclic) bond motifs is 3. The first-order valence-electron chi connectivity index (χ1n) is 10.6. The largest absolute Gasteiger partial charge is 0.411 e. The molecule has 2 aromatic carbocycles. The first kappa shape index (κ1) is 21.2. The van der Waals surface area contributed by atoms with Gasteiger partial charge in [-0.15, -0.1) is 10.2 Å². The molecule has 1 aliphatic heterocycles. The van der Waals surface area contributed by atoms with Gasteiger partial charge in [-0.2, -0.15) is 0 Å². The number of nitrogens with zero attached hydrogens (tertiary/aromatic N) is 5. The third-order valence-corrected chi connectivity index (χ3v) is 6.62. The van der Waals surface area contributed by atoms with Crippen LogP contribution in [0.5, 0.6) is 0 Å². The maximum atomic E-state index is 13.2. The Balaban J connectivity index is 1.44. The van der Waals surface area contributed by atoms with E-state index in [4.69, 9.17) is 11.6 Å². The van der Waals surface area contributed by atoms with Crippen LogP contribution >= 0.6 is 11.6 Å². The van der Waals surface area contributed by atoms with Gasteiger partial charge in [-0.05, 0) is 57.0 Å². The Hall–Kier alpha value is -3.65. The summed E-state index contributed by atoms with van der Waals surface area (Å²) in [5.41, 5.74) is 4.96. The first-order chi connectivity index (χ1) is 15.9. The van der Waals surface area contributed by atoms with E-state index < -0.39 is 5.54 Å². The highest BCUT2D eigenvalue weighted by atomic mass is 35.5. The van der Waals surface area contributed by atoms with Crippen LogP contribution in [-0.4, -0.2) is 42.2 Å². The Morgan fingerprint density at radius 2 is 2.03 bits per heavy atom. The smallest absolute Gasteiger partial charge is 0.253 e. The van der Waals surface area contributed by atoms with Gasteiger partial charge in [0.1, 0.15) is 12.7 Å².